The lowest BCUT2D eigenvalue weighted by Crippen LogP contribution is -2.27. The Hall–Kier alpha value is -3.36. The van der Waals surface area contributed by atoms with Crippen LogP contribution < -0.4 is 9.47 Å². The summed E-state index contributed by atoms with van der Waals surface area (Å²) in [6.07, 6.45) is 1.62. The standard InChI is InChI=1S/C26H20BrNO5S/c1-16-7-6-8-17(11-16)15-28-24(29)22(34-26(28)31)14-18-12-20(27)23(21(13-18)32-2)33-25(30)19-9-4-3-5-10-19/h3-14H,15H2,1-2H3/b22-14-. The van der Waals surface area contributed by atoms with Crippen molar-refractivity contribution in [2.45, 2.75) is 13.5 Å². The Morgan fingerprint density at radius 2 is 1.82 bits per heavy atom. The molecule has 8 heteroatoms. The van der Waals surface area contributed by atoms with Gasteiger partial charge in [-0.1, -0.05) is 48.0 Å². The van der Waals surface area contributed by atoms with Crippen LogP contribution in [0, 0.1) is 6.92 Å². The van der Waals surface area contributed by atoms with Gasteiger partial charge in [0.1, 0.15) is 0 Å². The van der Waals surface area contributed by atoms with Crippen LogP contribution in [0.1, 0.15) is 27.0 Å². The summed E-state index contributed by atoms with van der Waals surface area (Å²) >= 11 is 4.31. The first-order chi connectivity index (χ1) is 16.4. The zero-order valence-electron chi connectivity index (χ0n) is 18.4. The molecule has 0 atom stereocenters. The van der Waals surface area contributed by atoms with Crippen molar-refractivity contribution in [3.63, 3.8) is 0 Å². The third-order valence-electron chi connectivity index (χ3n) is 5.05. The van der Waals surface area contributed by atoms with Crippen LogP contribution in [0.5, 0.6) is 11.5 Å². The topological polar surface area (TPSA) is 72.9 Å². The number of esters is 1. The lowest BCUT2D eigenvalue weighted by molar-refractivity contribution is -0.123. The maximum absolute atomic E-state index is 12.9. The normalized spacial score (nSPS) is 14.6. The summed E-state index contributed by atoms with van der Waals surface area (Å²) in [5, 5.41) is -0.322. The van der Waals surface area contributed by atoms with Crippen molar-refractivity contribution in [2.24, 2.45) is 0 Å². The molecule has 6 nitrogen and oxygen atoms in total. The zero-order chi connectivity index (χ0) is 24.2. The summed E-state index contributed by atoms with van der Waals surface area (Å²) in [4.78, 5) is 39.5. The van der Waals surface area contributed by atoms with Crippen LogP contribution in [0.25, 0.3) is 6.08 Å². The number of methoxy groups -OCH3 is 1. The highest BCUT2D eigenvalue weighted by atomic mass is 79.9. The Labute approximate surface area is 209 Å². The monoisotopic (exact) mass is 537 g/mol. The number of imide groups is 1. The first-order valence-electron chi connectivity index (χ1n) is 10.3. The van der Waals surface area contributed by atoms with Crippen molar-refractivity contribution < 1.29 is 23.9 Å². The molecule has 1 aliphatic rings. The molecule has 0 radical (unpaired) electrons. The van der Waals surface area contributed by atoms with E-state index in [0.29, 0.717) is 26.3 Å². The van der Waals surface area contributed by atoms with Crippen LogP contribution in [0.4, 0.5) is 4.79 Å². The fourth-order valence-electron chi connectivity index (χ4n) is 3.43. The van der Waals surface area contributed by atoms with E-state index in [1.807, 2.05) is 37.3 Å². The summed E-state index contributed by atoms with van der Waals surface area (Å²) in [6, 6.07) is 19.7. The van der Waals surface area contributed by atoms with Gasteiger partial charge in [-0.15, -0.1) is 0 Å². The van der Waals surface area contributed by atoms with E-state index in [1.54, 1.807) is 42.5 Å². The van der Waals surface area contributed by atoms with Gasteiger partial charge in [0.15, 0.2) is 11.5 Å². The van der Waals surface area contributed by atoms with Gasteiger partial charge >= 0.3 is 5.97 Å². The molecule has 4 rings (SSSR count). The fourth-order valence-corrected chi connectivity index (χ4v) is 4.81. The quantitative estimate of drug-likeness (QED) is 0.211. The number of ether oxygens (including phenoxy) is 2. The Balaban J connectivity index is 1.57. The Morgan fingerprint density at radius 1 is 1.06 bits per heavy atom. The van der Waals surface area contributed by atoms with Gasteiger partial charge in [0, 0.05) is 0 Å². The van der Waals surface area contributed by atoms with Crippen molar-refractivity contribution in [3.8, 4) is 11.5 Å². The Kier molecular flexibility index (Phi) is 7.19. The Bertz CT molecular complexity index is 1310. The van der Waals surface area contributed by atoms with Crippen molar-refractivity contribution in [2.75, 3.05) is 7.11 Å². The van der Waals surface area contributed by atoms with Gasteiger partial charge in [0.25, 0.3) is 11.1 Å². The van der Waals surface area contributed by atoms with Crippen LogP contribution in [0.3, 0.4) is 0 Å². The summed E-state index contributed by atoms with van der Waals surface area (Å²) in [5.74, 6) is -0.347. The minimum absolute atomic E-state index is 0.213. The molecule has 2 amide bonds. The number of aryl methyl sites for hydroxylation is 1. The molecule has 0 aliphatic carbocycles. The number of nitrogens with zero attached hydrogens (tertiary/aromatic N) is 1. The molecule has 1 fully saturated rings. The molecule has 0 aromatic heterocycles. The van der Waals surface area contributed by atoms with E-state index in [9.17, 15) is 14.4 Å². The number of hydrogen-bond donors (Lipinski definition) is 0. The lowest BCUT2D eigenvalue weighted by atomic mass is 10.1. The first-order valence-corrected chi connectivity index (χ1v) is 11.9. The van der Waals surface area contributed by atoms with E-state index >= 15 is 0 Å². The van der Waals surface area contributed by atoms with Crippen molar-refractivity contribution in [1.29, 1.82) is 0 Å². The van der Waals surface area contributed by atoms with E-state index < -0.39 is 5.97 Å². The first kappa shape index (κ1) is 23.8. The molecule has 3 aromatic carbocycles. The number of thioether (sulfide) groups is 1. The van der Waals surface area contributed by atoms with Crippen molar-refractivity contribution >= 4 is 50.9 Å². The number of rotatable bonds is 6. The fraction of sp³-hybridized carbons (Fsp3) is 0.115. The third kappa shape index (κ3) is 5.24. The van der Waals surface area contributed by atoms with Gasteiger partial charge in [0.05, 0.1) is 28.6 Å². The predicted molar refractivity (Wildman–Crippen MR) is 135 cm³/mol. The van der Waals surface area contributed by atoms with Gasteiger partial charge in [0.2, 0.25) is 0 Å². The highest BCUT2D eigenvalue weighted by Crippen LogP contribution is 2.39. The van der Waals surface area contributed by atoms with Crippen LogP contribution in [0.15, 0.2) is 76.1 Å². The van der Waals surface area contributed by atoms with Gasteiger partial charge in [-0.05, 0) is 76.1 Å². The summed E-state index contributed by atoms with van der Waals surface area (Å²) < 4.78 is 11.4. The average Bonchev–Trinajstić information content (AvgIpc) is 3.08. The SMILES string of the molecule is COc1cc(/C=C2\SC(=O)N(Cc3cccc(C)c3)C2=O)cc(Br)c1OC(=O)c1ccccc1. The van der Waals surface area contributed by atoms with Gasteiger partial charge in [-0.25, -0.2) is 4.79 Å². The number of halogens is 1. The van der Waals surface area contributed by atoms with E-state index in [-0.39, 0.29) is 23.4 Å². The van der Waals surface area contributed by atoms with Gasteiger partial charge in [-0.3, -0.25) is 14.5 Å². The molecule has 0 bridgehead atoms. The maximum Gasteiger partial charge on any atom is 0.343 e. The van der Waals surface area contributed by atoms with Gasteiger partial charge in [-0.2, -0.15) is 0 Å². The molecule has 1 heterocycles. The van der Waals surface area contributed by atoms with Crippen molar-refractivity contribution in [3.05, 3.63) is 98.4 Å². The molecular weight excluding hydrogens is 518 g/mol. The second-order valence-corrected chi connectivity index (χ2v) is 9.39. The number of benzene rings is 3. The summed E-state index contributed by atoms with van der Waals surface area (Å²) in [7, 11) is 1.46. The molecule has 3 aromatic rings. The number of hydrogen-bond acceptors (Lipinski definition) is 6. The smallest absolute Gasteiger partial charge is 0.343 e. The number of amides is 2. The van der Waals surface area contributed by atoms with Gasteiger partial charge < -0.3 is 9.47 Å². The third-order valence-corrected chi connectivity index (χ3v) is 6.55. The van der Waals surface area contributed by atoms with Crippen molar-refractivity contribution in [1.82, 2.24) is 4.90 Å². The second kappa shape index (κ2) is 10.3. The van der Waals surface area contributed by atoms with Crippen LogP contribution in [-0.2, 0) is 11.3 Å². The minimum Gasteiger partial charge on any atom is -0.493 e. The van der Waals surface area contributed by atoms with Crippen LogP contribution >= 0.6 is 27.7 Å². The zero-order valence-corrected chi connectivity index (χ0v) is 20.8. The molecule has 0 N–H and O–H groups in total. The van der Waals surface area contributed by atoms with Crippen LogP contribution in [-0.4, -0.2) is 29.1 Å². The van der Waals surface area contributed by atoms with E-state index in [0.717, 1.165) is 22.9 Å². The largest absolute Gasteiger partial charge is 0.493 e. The van der Waals surface area contributed by atoms with E-state index in [1.165, 1.54) is 12.0 Å². The highest BCUT2D eigenvalue weighted by Gasteiger charge is 2.35. The molecule has 1 saturated heterocycles. The van der Waals surface area contributed by atoms with Crippen LogP contribution in [0.2, 0.25) is 0 Å². The summed E-state index contributed by atoms with van der Waals surface area (Å²) in [5.41, 5.74) is 2.97. The van der Waals surface area contributed by atoms with E-state index in [4.69, 9.17) is 9.47 Å². The van der Waals surface area contributed by atoms with E-state index in [2.05, 4.69) is 15.9 Å². The number of carbonyl (C=O) groups excluding carboxylic acids is 3. The molecule has 0 spiro atoms. The predicted octanol–water partition coefficient (Wildman–Crippen LogP) is 6.22. The molecular formula is C26H20BrNO5S. The molecule has 34 heavy (non-hydrogen) atoms. The number of carbonyl (C=O) groups is 3. The average molecular weight is 538 g/mol. The molecule has 172 valence electrons. The molecule has 0 saturated carbocycles. The molecule has 1 aliphatic heterocycles. The lowest BCUT2D eigenvalue weighted by Gasteiger charge is -2.13. The minimum atomic E-state index is -0.524. The maximum atomic E-state index is 12.9. The Morgan fingerprint density at radius 3 is 2.53 bits per heavy atom. The second-order valence-electron chi connectivity index (χ2n) is 7.55. The highest BCUT2D eigenvalue weighted by molar-refractivity contribution is 9.10. The summed E-state index contributed by atoms with van der Waals surface area (Å²) in [6.45, 7) is 2.17. The molecule has 0 unspecified atom stereocenters.